The molecule has 16 nitrogen and oxygen atoms in total. The van der Waals surface area contributed by atoms with Gasteiger partial charge in [-0.25, -0.2) is 0 Å². The van der Waals surface area contributed by atoms with Gasteiger partial charge in [0.2, 0.25) is 0 Å². The Hall–Kier alpha value is -0.640. The van der Waals surface area contributed by atoms with Gasteiger partial charge in [-0.1, -0.05) is 0 Å². The van der Waals surface area contributed by atoms with Crippen LogP contribution >= 0.6 is 0 Å². The maximum Gasteiger partial charge on any atom is 0.0794 e. The predicted molar refractivity (Wildman–Crippen MR) is 191 cm³/mol. The van der Waals surface area contributed by atoms with Crippen LogP contribution in [0.5, 0.6) is 0 Å². The van der Waals surface area contributed by atoms with Gasteiger partial charge in [-0.05, 0) is 62.4 Å². The Labute approximate surface area is 292 Å². The van der Waals surface area contributed by atoms with Crippen LogP contribution in [0.2, 0.25) is 0 Å². The topological polar surface area (TPSA) is 184 Å². The lowest BCUT2D eigenvalue weighted by Gasteiger charge is -2.43. The van der Waals surface area contributed by atoms with Gasteiger partial charge < -0.3 is 42.5 Å². The van der Waals surface area contributed by atoms with E-state index in [9.17, 15) is 0 Å². The highest BCUT2D eigenvalue weighted by atomic mass is 15.5. The Morgan fingerprint density at radius 3 is 0.653 bits per heavy atom. The average molecular weight is 687 g/mol. The summed E-state index contributed by atoms with van der Waals surface area (Å²) in [4.78, 5) is 2.54. The third kappa shape index (κ3) is 5.65. The lowest BCUT2D eigenvalue weighted by Crippen LogP contribution is -2.72. The average Bonchev–Trinajstić information content (AvgIpc) is 3.73. The molecule has 24 atom stereocenters. The van der Waals surface area contributed by atoms with Gasteiger partial charge >= 0.3 is 0 Å². The number of piperazine rings is 4. The van der Waals surface area contributed by atoms with Crippen molar-refractivity contribution in [3.63, 3.8) is 0 Å². The molecule has 8 bridgehead atoms. The number of rotatable bonds is 0. The molecular formula is C33H66N16. The van der Waals surface area contributed by atoms with Crippen LogP contribution < -0.4 is 79.8 Å². The largest absolute Gasteiger partial charge is 0.306 e. The van der Waals surface area contributed by atoms with E-state index in [0.717, 1.165) is 0 Å². The molecule has 0 aromatic carbocycles. The predicted octanol–water partition coefficient (Wildman–Crippen LogP) is -5.45. The third-order valence-electron chi connectivity index (χ3n) is 14.4. The first-order valence-corrected chi connectivity index (χ1v) is 19.6. The lowest BCUT2D eigenvalue weighted by atomic mass is 9.95. The fourth-order valence-corrected chi connectivity index (χ4v) is 10.8. The van der Waals surface area contributed by atoms with Crippen molar-refractivity contribution in [1.29, 1.82) is 0 Å². The van der Waals surface area contributed by atoms with Gasteiger partial charge in [0.1, 0.15) is 0 Å². The summed E-state index contributed by atoms with van der Waals surface area (Å²) in [7, 11) is 2.29. The molecule has 278 valence electrons. The number of fused-ring (bicyclic) bond motifs is 20. The number of nitrogens with one attached hydrogen (secondary N) is 15. The number of hydrogen-bond acceptors (Lipinski definition) is 16. The zero-order valence-electron chi connectivity index (χ0n) is 30.8. The molecule has 16 heteroatoms. The smallest absolute Gasteiger partial charge is 0.0794 e. The molecule has 0 saturated carbocycles. The summed E-state index contributed by atoms with van der Waals surface area (Å²) in [6.07, 6.45) is 0.582. The summed E-state index contributed by atoms with van der Waals surface area (Å²) < 4.78 is 0. The number of hydrogen-bond donors (Lipinski definition) is 15. The van der Waals surface area contributed by atoms with Gasteiger partial charge in [-0.3, -0.25) is 42.1 Å². The molecule has 9 saturated heterocycles. The molecule has 9 aliphatic rings. The van der Waals surface area contributed by atoms with Gasteiger partial charge in [0, 0.05) is 48.3 Å². The van der Waals surface area contributed by atoms with E-state index in [-0.39, 0.29) is 97.7 Å². The quantitative estimate of drug-likeness (QED) is 0.116. The monoisotopic (exact) mass is 687 g/mol. The summed E-state index contributed by atoms with van der Waals surface area (Å²) in [5.41, 5.74) is 0. The van der Waals surface area contributed by atoms with Crippen molar-refractivity contribution >= 4 is 0 Å². The Balaban J connectivity index is 1.09. The van der Waals surface area contributed by atoms with E-state index >= 15 is 0 Å². The molecule has 0 aromatic heterocycles. The van der Waals surface area contributed by atoms with Crippen LogP contribution in [0.3, 0.4) is 0 Å². The van der Waals surface area contributed by atoms with Crippen molar-refractivity contribution in [2.24, 2.45) is 0 Å². The second-order valence-corrected chi connectivity index (χ2v) is 17.4. The summed E-state index contributed by atoms with van der Waals surface area (Å²) in [6, 6.07) is 4.67. The van der Waals surface area contributed by atoms with Crippen molar-refractivity contribution in [3.05, 3.63) is 0 Å². The molecule has 9 fully saturated rings. The summed E-state index contributed by atoms with van der Waals surface area (Å²) >= 11 is 0. The molecule has 9 heterocycles. The molecule has 9 aliphatic heterocycles. The zero-order chi connectivity index (χ0) is 34.0. The molecule has 0 aromatic rings. The molecule has 9 rings (SSSR count). The lowest BCUT2D eigenvalue weighted by molar-refractivity contribution is 0.126. The first-order chi connectivity index (χ1) is 23.4. The van der Waals surface area contributed by atoms with E-state index < -0.39 is 0 Å². The Morgan fingerprint density at radius 2 is 0.429 bits per heavy atom. The minimum Gasteiger partial charge on any atom is -0.306 e. The van der Waals surface area contributed by atoms with Gasteiger partial charge in [0.25, 0.3) is 0 Å². The molecule has 0 radical (unpaired) electrons. The van der Waals surface area contributed by atoms with Crippen molar-refractivity contribution in [2.45, 2.75) is 201 Å². The maximum atomic E-state index is 4.18. The highest BCUT2D eigenvalue weighted by molar-refractivity contribution is 5.19. The highest BCUT2D eigenvalue weighted by Gasteiger charge is 2.58. The van der Waals surface area contributed by atoms with Gasteiger partial charge in [-0.15, -0.1) is 0 Å². The van der Waals surface area contributed by atoms with Crippen molar-refractivity contribution in [1.82, 2.24) is 84.7 Å². The third-order valence-corrected chi connectivity index (χ3v) is 14.4. The molecule has 49 heavy (non-hydrogen) atoms. The zero-order valence-corrected chi connectivity index (χ0v) is 30.8. The number of likely N-dealkylation sites (N-methyl/N-ethyl adjacent to an activating group) is 1. The molecule has 0 amide bonds. The summed E-state index contributed by atoms with van der Waals surface area (Å²) in [5.74, 6) is 0. The van der Waals surface area contributed by atoms with Crippen LogP contribution in [0.4, 0.5) is 0 Å². The van der Waals surface area contributed by atoms with Gasteiger partial charge in [0.05, 0.1) is 97.7 Å². The first kappa shape index (κ1) is 34.1. The summed E-state index contributed by atoms with van der Waals surface area (Å²) in [6.45, 7) is 18.4. The molecule has 0 aliphatic carbocycles. The second kappa shape index (κ2) is 12.7. The van der Waals surface area contributed by atoms with E-state index in [4.69, 9.17) is 0 Å². The van der Waals surface area contributed by atoms with E-state index in [1.807, 2.05) is 0 Å². The van der Waals surface area contributed by atoms with Gasteiger partial charge in [-0.2, -0.15) is 0 Å². The summed E-state index contributed by atoms with van der Waals surface area (Å²) in [5, 5.41) is 61.0. The molecule has 15 N–H and O–H groups in total. The van der Waals surface area contributed by atoms with E-state index in [1.54, 1.807) is 0 Å². The molecular weight excluding hydrogens is 620 g/mol. The number of nitrogens with zero attached hydrogens (tertiary/aromatic N) is 1. The first-order valence-electron chi connectivity index (χ1n) is 19.6. The molecule has 0 spiro atoms. The Bertz CT molecular complexity index is 1130. The van der Waals surface area contributed by atoms with Crippen molar-refractivity contribution < 1.29 is 0 Å². The standard InChI is InChI=1S/C33H66N16/c1-10-11(2)35-19-18(34-10)26-42-27(19)44-29-21-23(39-15(6)13(4)37-21)31(46-29)48-33-25-24(40-16(7)17(8)41-25)32(49(33)9)47-30-22-20(28(43-26)45-30)36-12(3)14(5)38-22/h10-48H,1-9H3. The minimum absolute atomic E-state index is 0.0585. The Kier molecular flexibility index (Phi) is 8.88. The van der Waals surface area contributed by atoms with Crippen LogP contribution in [0, 0.1) is 0 Å². The maximum absolute atomic E-state index is 4.18. The van der Waals surface area contributed by atoms with Crippen LogP contribution in [-0.2, 0) is 0 Å². The second-order valence-electron chi connectivity index (χ2n) is 17.4. The minimum atomic E-state index is 0.0585. The van der Waals surface area contributed by atoms with E-state index in [1.165, 1.54) is 0 Å². The Morgan fingerprint density at radius 1 is 0.245 bits per heavy atom. The van der Waals surface area contributed by atoms with E-state index in [0.29, 0.717) is 48.3 Å². The van der Waals surface area contributed by atoms with Crippen LogP contribution in [0.25, 0.3) is 0 Å². The highest BCUT2D eigenvalue weighted by Crippen LogP contribution is 2.30. The van der Waals surface area contributed by atoms with Crippen LogP contribution in [-0.4, -0.2) is 158 Å². The van der Waals surface area contributed by atoms with Crippen molar-refractivity contribution in [2.75, 3.05) is 7.05 Å². The fraction of sp³-hybridized carbons (Fsp3) is 1.00. The normalized spacial score (nSPS) is 61.9. The van der Waals surface area contributed by atoms with E-state index in [2.05, 4.69) is 147 Å². The molecule has 24 unspecified atom stereocenters. The van der Waals surface area contributed by atoms with Gasteiger partial charge in [0.15, 0.2) is 0 Å². The van der Waals surface area contributed by atoms with Crippen LogP contribution in [0.15, 0.2) is 0 Å². The van der Waals surface area contributed by atoms with Crippen LogP contribution in [0.1, 0.15) is 55.4 Å². The van der Waals surface area contributed by atoms with Crippen molar-refractivity contribution in [3.8, 4) is 0 Å². The fourth-order valence-electron chi connectivity index (χ4n) is 10.8. The SMILES string of the molecule is CC1NC2C3NC(NC4NC(NC5C6NC(C)C(C)NC6C(NC6NC(N3)C3NC(C)C(C)NC63)N5C)C3NC(C)C(C)NC43)C2NC1C.